The van der Waals surface area contributed by atoms with E-state index in [9.17, 15) is 0 Å². The number of hydrogen-bond acceptors (Lipinski definition) is 6. The first-order valence-electron chi connectivity index (χ1n) is 18.6. The predicted molar refractivity (Wildman–Crippen MR) is 228 cm³/mol. The molecule has 8 aromatic carbocycles. The van der Waals surface area contributed by atoms with E-state index in [4.69, 9.17) is 13.8 Å². The molecule has 3 aromatic heterocycles. The van der Waals surface area contributed by atoms with Gasteiger partial charge < -0.3 is 14.2 Å². The van der Waals surface area contributed by atoms with Crippen LogP contribution in [0.5, 0.6) is 0 Å². The summed E-state index contributed by atoms with van der Waals surface area (Å²) in [6.45, 7) is 0. The van der Waals surface area contributed by atoms with Crippen molar-refractivity contribution in [3.63, 3.8) is 0 Å². The van der Waals surface area contributed by atoms with Crippen molar-refractivity contribution in [3.8, 4) is 11.1 Å². The normalized spacial score (nSPS) is 16.2. The number of rotatable bonds is 4. The number of aliphatic imine (C=N–C) groups is 1. The Morgan fingerprint density at radius 3 is 2.15 bits per heavy atom. The molecule has 260 valence electrons. The summed E-state index contributed by atoms with van der Waals surface area (Å²) in [5.41, 5.74) is 8.95. The van der Waals surface area contributed by atoms with Crippen molar-refractivity contribution in [2.24, 2.45) is 4.99 Å². The largest absolute Gasteiger partial charge is 0.456 e. The van der Waals surface area contributed by atoms with Gasteiger partial charge in [-0.15, -0.1) is 11.3 Å². The Hall–Kier alpha value is -6.73. The first-order valence-corrected chi connectivity index (χ1v) is 19.4. The first-order chi connectivity index (χ1) is 27.2. The van der Waals surface area contributed by atoms with Crippen LogP contribution in [0.3, 0.4) is 0 Å². The van der Waals surface area contributed by atoms with Gasteiger partial charge in [-0.1, -0.05) is 127 Å². The molecule has 11 aromatic rings. The highest BCUT2D eigenvalue weighted by Crippen LogP contribution is 2.49. The first kappa shape index (κ1) is 30.7. The van der Waals surface area contributed by atoms with Crippen LogP contribution in [0, 0.1) is 0 Å². The van der Waals surface area contributed by atoms with Gasteiger partial charge in [0.1, 0.15) is 40.5 Å². The number of fused-ring (bicyclic) bond motifs is 12. The molecule has 1 aliphatic rings. The summed E-state index contributed by atoms with van der Waals surface area (Å²) in [5, 5.41) is 16.7. The van der Waals surface area contributed by atoms with Crippen molar-refractivity contribution in [1.29, 1.82) is 0 Å². The highest BCUT2D eigenvalue weighted by atomic mass is 32.1. The summed E-state index contributed by atoms with van der Waals surface area (Å²) in [5.74, 6) is 0.840. The summed E-state index contributed by atoms with van der Waals surface area (Å²) in [6, 6.07) is 57.7. The number of benzene rings is 8. The lowest BCUT2D eigenvalue weighted by Gasteiger charge is -2.32. The summed E-state index contributed by atoms with van der Waals surface area (Å²) in [6.07, 6.45) is -0.587. The Balaban J connectivity index is 1.19. The van der Waals surface area contributed by atoms with E-state index in [1.54, 1.807) is 0 Å². The van der Waals surface area contributed by atoms with Gasteiger partial charge in [0.05, 0.1) is 0 Å². The summed E-state index contributed by atoms with van der Waals surface area (Å²) < 4.78 is 16.0. The molecule has 4 heterocycles. The van der Waals surface area contributed by atoms with Gasteiger partial charge in [-0.05, 0) is 58.3 Å². The number of nitrogens with zero attached hydrogens (tertiary/aromatic N) is 1. The van der Waals surface area contributed by atoms with Crippen LogP contribution in [-0.4, -0.2) is 5.84 Å². The third-order valence-electron chi connectivity index (χ3n) is 11.1. The van der Waals surface area contributed by atoms with Crippen molar-refractivity contribution in [2.75, 3.05) is 0 Å². The summed E-state index contributed by atoms with van der Waals surface area (Å²) in [7, 11) is 0. The summed E-state index contributed by atoms with van der Waals surface area (Å²) >= 11 is 1.81. The molecular weight excluding hydrogens is 695 g/mol. The van der Waals surface area contributed by atoms with Crippen LogP contribution in [0.25, 0.3) is 85.9 Å². The van der Waals surface area contributed by atoms with E-state index in [2.05, 4.69) is 162 Å². The fourth-order valence-electron chi connectivity index (χ4n) is 8.63. The second-order valence-electron chi connectivity index (χ2n) is 14.3. The maximum absolute atomic E-state index is 6.88. The zero-order chi connectivity index (χ0) is 36.0. The van der Waals surface area contributed by atoms with Crippen LogP contribution < -0.4 is 10.6 Å². The van der Waals surface area contributed by atoms with Crippen molar-refractivity contribution in [3.05, 3.63) is 180 Å². The van der Waals surface area contributed by atoms with Gasteiger partial charge in [0.2, 0.25) is 0 Å². The topological polar surface area (TPSA) is 62.7 Å². The molecule has 0 spiro atoms. The van der Waals surface area contributed by atoms with Gasteiger partial charge in [0.15, 0.2) is 0 Å². The minimum absolute atomic E-state index is 0.185. The Kier molecular flexibility index (Phi) is 6.64. The average molecular weight is 726 g/mol. The van der Waals surface area contributed by atoms with Crippen LogP contribution in [0.2, 0.25) is 0 Å². The van der Waals surface area contributed by atoms with Gasteiger partial charge >= 0.3 is 0 Å². The molecule has 0 radical (unpaired) electrons. The molecule has 5 nitrogen and oxygen atoms in total. The Bertz CT molecular complexity index is 3340. The van der Waals surface area contributed by atoms with Crippen LogP contribution in [0.15, 0.2) is 178 Å². The van der Waals surface area contributed by atoms with E-state index in [0.29, 0.717) is 0 Å². The van der Waals surface area contributed by atoms with Gasteiger partial charge in [-0.2, -0.15) is 0 Å². The average Bonchev–Trinajstić information content (AvgIpc) is 3.95. The van der Waals surface area contributed by atoms with Crippen LogP contribution in [-0.2, 0) is 0 Å². The molecule has 0 amide bonds. The second kappa shape index (κ2) is 11.9. The molecule has 2 atom stereocenters. The Labute approximate surface area is 319 Å². The number of hydrogen-bond donors (Lipinski definition) is 2. The Morgan fingerprint density at radius 1 is 0.527 bits per heavy atom. The van der Waals surface area contributed by atoms with Gasteiger partial charge in [0, 0.05) is 58.4 Å². The maximum Gasteiger partial charge on any atom is 0.144 e. The van der Waals surface area contributed by atoms with E-state index in [1.807, 2.05) is 23.5 Å². The van der Waals surface area contributed by atoms with E-state index in [0.717, 1.165) is 88.3 Å². The van der Waals surface area contributed by atoms with E-state index in [-0.39, 0.29) is 6.17 Å². The molecule has 12 rings (SSSR count). The lowest BCUT2D eigenvalue weighted by atomic mass is 9.93. The quantitative estimate of drug-likeness (QED) is 0.190. The van der Waals surface area contributed by atoms with E-state index >= 15 is 0 Å². The molecule has 2 unspecified atom stereocenters. The Morgan fingerprint density at radius 2 is 1.27 bits per heavy atom. The van der Waals surface area contributed by atoms with Crippen molar-refractivity contribution in [2.45, 2.75) is 12.3 Å². The van der Waals surface area contributed by atoms with Crippen LogP contribution in [0.1, 0.15) is 29.0 Å². The molecule has 0 saturated carbocycles. The molecule has 0 aliphatic carbocycles. The SMILES string of the molecule is c1ccc(C2=NC(c3cc(-c4cc5c6ccccc6oc5c5c4sc4ccccc45)cc4oc5ccc6ccccc6c5c34)NC(c3ccccc3)N2)cc1. The lowest BCUT2D eigenvalue weighted by Crippen LogP contribution is -2.45. The minimum Gasteiger partial charge on any atom is -0.456 e. The monoisotopic (exact) mass is 725 g/mol. The molecule has 55 heavy (non-hydrogen) atoms. The van der Waals surface area contributed by atoms with Gasteiger partial charge in [-0.3, -0.25) is 5.32 Å². The minimum atomic E-state index is -0.403. The highest BCUT2D eigenvalue weighted by molar-refractivity contribution is 7.26. The van der Waals surface area contributed by atoms with Gasteiger partial charge in [0.25, 0.3) is 0 Å². The molecule has 2 N–H and O–H groups in total. The zero-order valence-corrected chi connectivity index (χ0v) is 30.2. The molecule has 0 fully saturated rings. The fourth-order valence-corrected chi connectivity index (χ4v) is 9.86. The lowest BCUT2D eigenvalue weighted by molar-refractivity contribution is 0.410. The standard InChI is InChI=1S/C49H31N3O2S/c1-3-14-29(15-4-1)47-50-48(30-16-5-2-6-17-30)52-49(51-47)37-25-31(26-40-43(37)42-32-18-8-7-13-28(32)23-24-39(42)53-40)35-27-36-33-19-9-11-21-38(33)54-45(36)44-34-20-10-12-22-41(34)55-46(35)44/h1-27,47,49,51H,(H,50,52). The maximum atomic E-state index is 6.88. The second-order valence-corrected chi connectivity index (χ2v) is 15.4. The number of amidine groups is 1. The zero-order valence-electron chi connectivity index (χ0n) is 29.4. The van der Waals surface area contributed by atoms with Crippen molar-refractivity contribution < 1.29 is 8.83 Å². The molecule has 0 saturated heterocycles. The number of thiophene rings is 1. The van der Waals surface area contributed by atoms with Crippen molar-refractivity contribution in [1.82, 2.24) is 10.6 Å². The van der Waals surface area contributed by atoms with E-state index < -0.39 is 6.17 Å². The van der Waals surface area contributed by atoms with Crippen LogP contribution in [0.4, 0.5) is 0 Å². The van der Waals surface area contributed by atoms with E-state index in [1.165, 1.54) is 20.2 Å². The molecule has 6 heteroatoms. The number of nitrogens with one attached hydrogen (secondary N) is 2. The predicted octanol–water partition coefficient (Wildman–Crippen LogP) is 13.0. The van der Waals surface area contributed by atoms with Crippen molar-refractivity contribution >= 4 is 92.0 Å². The molecular formula is C49H31N3O2S. The fraction of sp³-hybridized carbons (Fsp3) is 0.0408. The van der Waals surface area contributed by atoms with Gasteiger partial charge in [-0.25, -0.2) is 4.99 Å². The smallest absolute Gasteiger partial charge is 0.144 e. The summed E-state index contributed by atoms with van der Waals surface area (Å²) in [4.78, 5) is 5.47. The van der Waals surface area contributed by atoms with Crippen LogP contribution >= 0.6 is 11.3 Å². The highest BCUT2D eigenvalue weighted by Gasteiger charge is 2.30. The number of furan rings is 2. The third-order valence-corrected chi connectivity index (χ3v) is 12.3. The molecule has 1 aliphatic heterocycles. The molecule has 0 bridgehead atoms. The number of para-hydroxylation sites is 1. The third kappa shape index (κ3) is 4.72.